The van der Waals surface area contributed by atoms with Gasteiger partial charge in [-0.3, -0.25) is 4.79 Å². The van der Waals surface area contributed by atoms with E-state index in [1.807, 2.05) is 0 Å². The molecule has 1 atom stereocenters. The average Bonchev–Trinajstić information content (AvgIpc) is 2.43. The Morgan fingerprint density at radius 3 is 2.26 bits per heavy atom. The molecular weight excluding hydrogens is 248 g/mol. The quantitative estimate of drug-likeness (QED) is 0.771. The molecule has 0 spiro atoms. The summed E-state index contributed by atoms with van der Waals surface area (Å²) in [6, 6.07) is 4.50. The fourth-order valence-electron chi connectivity index (χ4n) is 1.49. The molecule has 1 amide bonds. The number of methoxy groups -OCH3 is 3. The highest BCUT2D eigenvalue weighted by Gasteiger charge is 2.14. The summed E-state index contributed by atoms with van der Waals surface area (Å²) in [5.41, 5.74) is 6.32. The highest BCUT2D eigenvalue weighted by molar-refractivity contribution is 5.95. The van der Waals surface area contributed by atoms with Crippen LogP contribution in [0.2, 0.25) is 0 Å². The third-order valence-electron chi connectivity index (χ3n) is 2.59. The van der Waals surface area contributed by atoms with Gasteiger partial charge >= 0.3 is 0 Å². The normalized spacial score (nSPS) is 11.8. The third-order valence-corrected chi connectivity index (χ3v) is 2.59. The highest BCUT2D eigenvalue weighted by atomic mass is 16.5. The van der Waals surface area contributed by atoms with Crippen molar-refractivity contribution < 1.29 is 19.0 Å². The summed E-state index contributed by atoms with van der Waals surface area (Å²) < 4.78 is 15.1. The number of hydrogen-bond donors (Lipinski definition) is 2. The Morgan fingerprint density at radius 1 is 1.21 bits per heavy atom. The molecule has 0 aliphatic heterocycles. The number of ether oxygens (including phenoxy) is 3. The first-order valence-corrected chi connectivity index (χ1v) is 5.89. The molecule has 0 radical (unpaired) electrons. The SMILES string of the molecule is COCCC(N)C(=O)Nc1cc(OC)cc(OC)c1. The fourth-order valence-corrected chi connectivity index (χ4v) is 1.49. The Labute approximate surface area is 112 Å². The maximum atomic E-state index is 11.8. The molecule has 0 saturated carbocycles. The summed E-state index contributed by atoms with van der Waals surface area (Å²) >= 11 is 0. The van der Waals surface area contributed by atoms with Crippen molar-refractivity contribution in [3.8, 4) is 11.5 Å². The van der Waals surface area contributed by atoms with Crippen LogP contribution in [0, 0.1) is 0 Å². The van der Waals surface area contributed by atoms with Gasteiger partial charge in [-0.1, -0.05) is 0 Å². The number of carbonyl (C=O) groups is 1. The van der Waals surface area contributed by atoms with Gasteiger partial charge in [0.15, 0.2) is 0 Å². The number of anilines is 1. The zero-order valence-corrected chi connectivity index (χ0v) is 11.4. The highest BCUT2D eigenvalue weighted by Crippen LogP contribution is 2.25. The smallest absolute Gasteiger partial charge is 0.241 e. The van der Waals surface area contributed by atoms with Crippen LogP contribution < -0.4 is 20.5 Å². The molecule has 1 unspecified atom stereocenters. The lowest BCUT2D eigenvalue weighted by Gasteiger charge is -2.13. The van der Waals surface area contributed by atoms with Gasteiger partial charge in [-0.15, -0.1) is 0 Å². The topological polar surface area (TPSA) is 82.8 Å². The lowest BCUT2D eigenvalue weighted by atomic mass is 10.2. The van der Waals surface area contributed by atoms with Crippen LogP contribution >= 0.6 is 0 Å². The predicted molar refractivity (Wildman–Crippen MR) is 72.6 cm³/mol. The Bertz CT molecular complexity index is 401. The summed E-state index contributed by atoms with van der Waals surface area (Å²) in [6.07, 6.45) is 0.462. The van der Waals surface area contributed by atoms with E-state index in [1.165, 1.54) is 0 Å². The second-order valence-electron chi connectivity index (χ2n) is 3.98. The zero-order valence-electron chi connectivity index (χ0n) is 11.4. The summed E-state index contributed by atoms with van der Waals surface area (Å²) in [7, 11) is 4.66. The van der Waals surface area contributed by atoms with E-state index in [0.29, 0.717) is 30.2 Å². The fraction of sp³-hybridized carbons (Fsp3) is 0.462. The molecule has 0 bridgehead atoms. The lowest BCUT2D eigenvalue weighted by Crippen LogP contribution is -2.36. The predicted octanol–water partition coefficient (Wildman–Crippen LogP) is 1.01. The first-order valence-electron chi connectivity index (χ1n) is 5.89. The molecule has 1 rings (SSSR count). The number of carbonyl (C=O) groups excluding carboxylic acids is 1. The van der Waals surface area contributed by atoms with Crippen molar-refractivity contribution in [2.45, 2.75) is 12.5 Å². The summed E-state index contributed by atoms with van der Waals surface area (Å²) in [4.78, 5) is 11.8. The van der Waals surface area contributed by atoms with Crippen molar-refractivity contribution in [3.05, 3.63) is 18.2 Å². The van der Waals surface area contributed by atoms with Crippen molar-refractivity contribution >= 4 is 11.6 Å². The van der Waals surface area contributed by atoms with Gasteiger partial charge in [0.1, 0.15) is 11.5 Å². The van der Waals surface area contributed by atoms with Gasteiger partial charge in [-0.2, -0.15) is 0 Å². The first kappa shape index (κ1) is 15.3. The molecule has 106 valence electrons. The van der Waals surface area contributed by atoms with Crippen molar-refractivity contribution in [3.63, 3.8) is 0 Å². The van der Waals surface area contributed by atoms with E-state index in [-0.39, 0.29) is 5.91 Å². The zero-order chi connectivity index (χ0) is 14.3. The van der Waals surface area contributed by atoms with Crippen LogP contribution in [0.3, 0.4) is 0 Å². The van der Waals surface area contributed by atoms with E-state index in [0.717, 1.165) is 0 Å². The number of rotatable bonds is 7. The molecular formula is C13H20N2O4. The second kappa shape index (κ2) is 7.60. The molecule has 1 aromatic carbocycles. The molecule has 1 aromatic rings. The third kappa shape index (κ3) is 4.76. The summed E-state index contributed by atoms with van der Waals surface area (Å²) in [5.74, 6) is 0.924. The second-order valence-corrected chi connectivity index (χ2v) is 3.98. The molecule has 0 fully saturated rings. The largest absolute Gasteiger partial charge is 0.497 e. The Balaban J connectivity index is 2.72. The standard InChI is InChI=1S/C13H20N2O4/c1-17-5-4-12(14)13(16)15-9-6-10(18-2)8-11(7-9)19-3/h6-8,12H,4-5,14H2,1-3H3,(H,15,16). The summed E-state index contributed by atoms with van der Waals surface area (Å²) in [5, 5.41) is 2.72. The molecule has 0 saturated heterocycles. The van der Waals surface area contributed by atoms with E-state index in [4.69, 9.17) is 19.9 Å². The first-order chi connectivity index (χ1) is 9.10. The van der Waals surface area contributed by atoms with E-state index in [2.05, 4.69) is 5.32 Å². The minimum atomic E-state index is -0.614. The Morgan fingerprint density at radius 2 is 1.79 bits per heavy atom. The molecule has 0 aliphatic rings. The molecule has 3 N–H and O–H groups in total. The van der Waals surface area contributed by atoms with Gasteiger partial charge in [0.2, 0.25) is 5.91 Å². The number of hydrogen-bond acceptors (Lipinski definition) is 5. The number of nitrogens with two attached hydrogens (primary N) is 1. The monoisotopic (exact) mass is 268 g/mol. The van der Waals surface area contributed by atoms with Crippen molar-refractivity contribution in [1.82, 2.24) is 0 Å². The average molecular weight is 268 g/mol. The van der Waals surface area contributed by atoms with Crippen molar-refractivity contribution in [1.29, 1.82) is 0 Å². The number of benzene rings is 1. The maximum Gasteiger partial charge on any atom is 0.241 e. The molecule has 19 heavy (non-hydrogen) atoms. The van der Waals surface area contributed by atoms with Gasteiger partial charge in [0.05, 0.1) is 20.3 Å². The molecule has 6 nitrogen and oxygen atoms in total. The van der Waals surface area contributed by atoms with E-state index in [1.54, 1.807) is 39.5 Å². The van der Waals surface area contributed by atoms with Crippen LogP contribution in [0.5, 0.6) is 11.5 Å². The molecule has 0 heterocycles. The molecule has 6 heteroatoms. The minimum Gasteiger partial charge on any atom is -0.497 e. The van der Waals surface area contributed by atoms with Crippen LogP contribution in [0.1, 0.15) is 6.42 Å². The van der Waals surface area contributed by atoms with Crippen molar-refractivity contribution in [2.75, 3.05) is 33.3 Å². The van der Waals surface area contributed by atoms with Gasteiger partial charge in [-0.25, -0.2) is 0 Å². The maximum absolute atomic E-state index is 11.8. The Kier molecular flexibility index (Phi) is 6.11. The van der Waals surface area contributed by atoms with E-state index < -0.39 is 6.04 Å². The Hall–Kier alpha value is -1.79. The van der Waals surface area contributed by atoms with Crippen LogP contribution in [-0.4, -0.2) is 39.9 Å². The summed E-state index contributed by atoms with van der Waals surface area (Å²) in [6.45, 7) is 0.440. The van der Waals surface area contributed by atoms with Crippen LogP contribution in [0.4, 0.5) is 5.69 Å². The van der Waals surface area contributed by atoms with Crippen molar-refractivity contribution in [2.24, 2.45) is 5.73 Å². The van der Waals surface area contributed by atoms with Gasteiger partial charge in [-0.05, 0) is 6.42 Å². The van der Waals surface area contributed by atoms with Crippen LogP contribution in [0.25, 0.3) is 0 Å². The van der Waals surface area contributed by atoms with E-state index in [9.17, 15) is 4.79 Å². The molecule has 0 aliphatic carbocycles. The number of nitrogens with one attached hydrogen (secondary N) is 1. The van der Waals surface area contributed by atoms with Gasteiger partial charge < -0.3 is 25.3 Å². The van der Waals surface area contributed by atoms with Gasteiger partial charge in [0, 0.05) is 37.6 Å². The van der Waals surface area contributed by atoms with Crippen LogP contribution in [-0.2, 0) is 9.53 Å². The van der Waals surface area contributed by atoms with Gasteiger partial charge in [0.25, 0.3) is 0 Å². The lowest BCUT2D eigenvalue weighted by molar-refractivity contribution is -0.117. The molecule has 0 aromatic heterocycles. The number of amides is 1. The van der Waals surface area contributed by atoms with Crippen LogP contribution in [0.15, 0.2) is 18.2 Å². The minimum absolute atomic E-state index is 0.271. The van der Waals surface area contributed by atoms with E-state index >= 15 is 0 Å².